The minimum atomic E-state index is -0.355. The molecule has 0 amide bonds. The van der Waals surface area contributed by atoms with Gasteiger partial charge in [0.2, 0.25) is 0 Å². The summed E-state index contributed by atoms with van der Waals surface area (Å²) in [5, 5.41) is 0.327. The summed E-state index contributed by atoms with van der Waals surface area (Å²) in [5.74, 6) is 0.808. The minimum Gasteiger partial charge on any atom is -0.491 e. The molecule has 1 aromatic carbocycles. The Hall–Kier alpha value is -0.280. The number of benzene rings is 1. The zero-order valence-electron chi connectivity index (χ0n) is 9.52. The Balaban J connectivity index is 1.98. The van der Waals surface area contributed by atoms with Crippen LogP contribution in [0.4, 0.5) is 4.39 Å². The molecule has 1 saturated carbocycles. The van der Waals surface area contributed by atoms with Crippen LogP contribution in [0.2, 0.25) is 5.02 Å². The van der Waals surface area contributed by atoms with Gasteiger partial charge in [-0.15, -0.1) is 0 Å². The van der Waals surface area contributed by atoms with E-state index in [-0.39, 0.29) is 5.82 Å². The SMILES string of the molecule is Fc1cc(Cl)c(OCC2CCCCC2)c(Br)c1. The van der Waals surface area contributed by atoms with E-state index in [1.165, 1.54) is 44.2 Å². The van der Waals surface area contributed by atoms with Gasteiger partial charge in [0, 0.05) is 0 Å². The average molecular weight is 322 g/mol. The van der Waals surface area contributed by atoms with Crippen molar-refractivity contribution in [2.24, 2.45) is 5.92 Å². The Morgan fingerprint density at radius 2 is 2.00 bits per heavy atom. The molecule has 1 fully saturated rings. The first kappa shape index (κ1) is 13.2. The van der Waals surface area contributed by atoms with Crippen LogP contribution in [0.1, 0.15) is 32.1 Å². The summed E-state index contributed by atoms with van der Waals surface area (Å²) < 4.78 is 19.3. The molecule has 0 N–H and O–H groups in total. The second kappa shape index (κ2) is 6.05. The van der Waals surface area contributed by atoms with Gasteiger partial charge in [-0.1, -0.05) is 30.9 Å². The van der Waals surface area contributed by atoms with Crippen molar-refractivity contribution in [2.45, 2.75) is 32.1 Å². The second-order valence-electron chi connectivity index (χ2n) is 4.51. The molecule has 0 saturated heterocycles. The van der Waals surface area contributed by atoms with Gasteiger partial charge < -0.3 is 4.74 Å². The molecule has 0 unspecified atom stereocenters. The fourth-order valence-electron chi connectivity index (χ4n) is 2.22. The fraction of sp³-hybridized carbons (Fsp3) is 0.538. The van der Waals surface area contributed by atoms with Crippen LogP contribution in [0, 0.1) is 11.7 Å². The Labute approximate surface area is 114 Å². The maximum Gasteiger partial charge on any atom is 0.152 e. The van der Waals surface area contributed by atoms with E-state index in [1.54, 1.807) is 0 Å². The van der Waals surface area contributed by atoms with Crippen molar-refractivity contribution in [3.8, 4) is 5.75 Å². The van der Waals surface area contributed by atoms with Crippen LogP contribution >= 0.6 is 27.5 Å². The van der Waals surface area contributed by atoms with E-state index in [0.717, 1.165) is 0 Å². The first-order valence-electron chi connectivity index (χ1n) is 5.94. The molecular weight excluding hydrogens is 306 g/mol. The number of halogens is 3. The maximum atomic E-state index is 13.0. The van der Waals surface area contributed by atoms with Crippen LogP contribution in [0.25, 0.3) is 0 Å². The maximum absolute atomic E-state index is 13.0. The standard InChI is InChI=1S/C13H15BrClFO/c14-11-6-10(16)7-12(15)13(11)17-8-9-4-2-1-3-5-9/h6-7,9H,1-5,8H2. The first-order chi connectivity index (χ1) is 8.16. The van der Waals surface area contributed by atoms with Crippen molar-refractivity contribution in [1.29, 1.82) is 0 Å². The van der Waals surface area contributed by atoms with Gasteiger partial charge in [0.05, 0.1) is 16.1 Å². The third-order valence-electron chi connectivity index (χ3n) is 3.15. The third kappa shape index (κ3) is 3.59. The topological polar surface area (TPSA) is 9.23 Å². The smallest absolute Gasteiger partial charge is 0.152 e. The third-order valence-corrected chi connectivity index (χ3v) is 4.02. The van der Waals surface area contributed by atoms with Gasteiger partial charge in [-0.2, -0.15) is 0 Å². The second-order valence-corrected chi connectivity index (χ2v) is 5.78. The highest BCUT2D eigenvalue weighted by Crippen LogP contribution is 2.35. The quantitative estimate of drug-likeness (QED) is 0.743. The number of ether oxygens (including phenoxy) is 1. The molecule has 2 rings (SSSR count). The van der Waals surface area contributed by atoms with Crippen LogP contribution in [-0.2, 0) is 0 Å². The number of hydrogen-bond donors (Lipinski definition) is 0. The van der Waals surface area contributed by atoms with Crippen molar-refractivity contribution in [3.05, 3.63) is 27.4 Å². The minimum absolute atomic E-state index is 0.327. The highest BCUT2D eigenvalue weighted by atomic mass is 79.9. The van der Waals surface area contributed by atoms with Crippen molar-refractivity contribution < 1.29 is 9.13 Å². The number of rotatable bonds is 3. The van der Waals surface area contributed by atoms with E-state index in [0.29, 0.717) is 27.8 Å². The van der Waals surface area contributed by atoms with Crippen LogP contribution in [0.15, 0.2) is 16.6 Å². The van der Waals surface area contributed by atoms with Crippen LogP contribution in [0.3, 0.4) is 0 Å². The van der Waals surface area contributed by atoms with E-state index in [9.17, 15) is 4.39 Å². The monoisotopic (exact) mass is 320 g/mol. The first-order valence-corrected chi connectivity index (χ1v) is 7.11. The molecule has 0 aromatic heterocycles. The largest absolute Gasteiger partial charge is 0.491 e. The van der Waals surface area contributed by atoms with Crippen molar-refractivity contribution in [3.63, 3.8) is 0 Å². The van der Waals surface area contributed by atoms with Gasteiger partial charge in [-0.3, -0.25) is 0 Å². The predicted octanol–water partition coefficient (Wildman–Crippen LogP) is 5.20. The van der Waals surface area contributed by atoms with E-state index in [2.05, 4.69) is 15.9 Å². The van der Waals surface area contributed by atoms with Crippen molar-refractivity contribution in [2.75, 3.05) is 6.61 Å². The van der Waals surface area contributed by atoms with Crippen LogP contribution < -0.4 is 4.74 Å². The molecule has 17 heavy (non-hydrogen) atoms. The molecule has 0 bridgehead atoms. The van der Waals surface area contributed by atoms with Gasteiger partial charge in [0.25, 0.3) is 0 Å². The summed E-state index contributed by atoms with van der Waals surface area (Å²) >= 11 is 9.23. The Morgan fingerprint density at radius 1 is 1.29 bits per heavy atom. The summed E-state index contributed by atoms with van der Waals surface area (Å²) in [5.41, 5.74) is 0. The fourth-order valence-corrected chi connectivity index (χ4v) is 3.14. The zero-order chi connectivity index (χ0) is 12.3. The lowest BCUT2D eigenvalue weighted by atomic mass is 9.90. The lowest BCUT2D eigenvalue weighted by molar-refractivity contribution is 0.208. The molecule has 0 radical (unpaired) electrons. The van der Waals surface area contributed by atoms with Gasteiger partial charge in [-0.05, 0) is 46.8 Å². The normalized spacial score (nSPS) is 17.1. The average Bonchev–Trinajstić information content (AvgIpc) is 2.29. The molecular formula is C13H15BrClFO. The van der Waals surface area contributed by atoms with E-state index < -0.39 is 0 Å². The van der Waals surface area contributed by atoms with Gasteiger partial charge in [-0.25, -0.2) is 4.39 Å². The molecule has 1 aliphatic carbocycles. The molecule has 1 aromatic rings. The Kier molecular flexibility index (Phi) is 4.69. The van der Waals surface area contributed by atoms with Crippen molar-refractivity contribution in [1.82, 2.24) is 0 Å². The zero-order valence-corrected chi connectivity index (χ0v) is 11.9. The Bertz CT molecular complexity index is 368. The van der Waals surface area contributed by atoms with E-state index in [1.807, 2.05) is 0 Å². The predicted molar refractivity (Wildman–Crippen MR) is 71.2 cm³/mol. The van der Waals surface area contributed by atoms with E-state index in [4.69, 9.17) is 16.3 Å². The van der Waals surface area contributed by atoms with Gasteiger partial charge in [0.1, 0.15) is 5.82 Å². The summed E-state index contributed by atoms with van der Waals surface area (Å²) in [6.45, 7) is 0.671. The lowest BCUT2D eigenvalue weighted by Crippen LogP contribution is -2.15. The number of hydrogen-bond acceptors (Lipinski definition) is 1. The summed E-state index contributed by atoms with van der Waals surface area (Å²) in [6.07, 6.45) is 6.34. The summed E-state index contributed by atoms with van der Waals surface area (Å²) in [7, 11) is 0. The highest BCUT2D eigenvalue weighted by molar-refractivity contribution is 9.10. The van der Waals surface area contributed by atoms with Crippen LogP contribution in [0.5, 0.6) is 5.75 Å². The highest BCUT2D eigenvalue weighted by Gasteiger charge is 2.16. The summed E-state index contributed by atoms with van der Waals surface area (Å²) in [4.78, 5) is 0. The van der Waals surface area contributed by atoms with Gasteiger partial charge >= 0.3 is 0 Å². The summed E-state index contributed by atoms with van der Waals surface area (Å²) in [6, 6.07) is 2.66. The molecule has 0 atom stereocenters. The molecule has 0 spiro atoms. The van der Waals surface area contributed by atoms with Crippen LogP contribution in [-0.4, -0.2) is 6.61 Å². The van der Waals surface area contributed by atoms with Crippen molar-refractivity contribution >= 4 is 27.5 Å². The lowest BCUT2D eigenvalue weighted by Gasteiger charge is -2.22. The van der Waals surface area contributed by atoms with E-state index >= 15 is 0 Å². The Morgan fingerprint density at radius 3 is 2.65 bits per heavy atom. The van der Waals surface area contributed by atoms with Gasteiger partial charge in [0.15, 0.2) is 5.75 Å². The molecule has 4 heteroatoms. The molecule has 1 nitrogen and oxygen atoms in total. The molecule has 0 heterocycles. The molecule has 0 aliphatic heterocycles. The molecule has 1 aliphatic rings. The molecule has 94 valence electrons.